The van der Waals surface area contributed by atoms with Crippen molar-refractivity contribution < 1.29 is 23.8 Å². The second kappa shape index (κ2) is 9.15. The van der Waals surface area contributed by atoms with Gasteiger partial charge in [-0.05, 0) is 43.3 Å². The Balaban J connectivity index is 1.36. The molecule has 2 aromatic heterocycles. The predicted octanol–water partition coefficient (Wildman–Crippen LogP) is 2.16. The minimum atomic E-state index is -0.424. The maximum Gasteiger partial charge on any atom is 0.414 e. The number of rotatable bonds is 6. The third-order valence-corrected chi connectivity index (χ3v) is 6.77. The highest BCUT2D eigenvalue weighted by atomic mass is 16.6. The van der Waals surface area contributed by atoms with Gasteiger partial charge in [0.15, 0.2) is 6.61 Å². The molecule has 0 radical (unpaired) electrons. The van der Waals surface area contributed by atoms with Crippen molar-refractivity contribution in [1.82, 2.24) is 15.3 Å². The Bertz CT molecular complexity index is 1330. The van der Waals surface area contributed by atoms with Gasteiger partial charge in [0.05, 0.1) is 30.0 Å². The Hall–Kier alpha value is -4.12. The minimum Gasteiger partial charge on any atom is -0.482 e. The van der Waals surface area contributed by atoms with Crippen molar-refractivity contribution in [2.24, 2.45) is 0 Å². The van der Waals surface area contributed by atoms with Crippen LogP contribution in [0.5, 0.6) is 11.6 Å². The fraction of sp³-hybridized carbons (Fsp3) is 0.360. The van der Waals surface area contributed by atoms with E-state index in [2.05, 4.69) is 20.5 Å². The number of pyridine rings is 2. The molecule has 2 N–H and O–H groups in total. The van der Waals surface area contributed by atoms with Gasteiger partial charge in [0.1, 0.15) is 17.9 Å². The highest BCUT2D eigenvalue weighted by Gasteiger charge is 2.38. The summed E-state index contributed by atoms with van der Waals surface area (Å²) in [5.74, 6) is 0.859. The molecule has 2 amide bonds. The molecule has 5 heterocycles. The summed E-state index contributed by atoms with van der Waals surface area (Å²) in [5.41, 5.74) is 3.61. The molecule has 0 unspecified atom stereocenters. The van der Waals surface area contributed by atoms with Gasteiger partial charge in [0, 0.05) is 37.1 Å². The number of hydrogen-bond donors (Lipinski definition) is 2. The lowest BCUT2D eigenvalue weighted by atomic mass is 10.1. The summed E-state index contributed by atoms with van der Waals surface area (Å²) < 4.78 is 16.3. The Morgan fingerprint density at radius 1 is 1.19 bits per heavy atom. The number of benzene rings is 1. The molecule has 6 rings (SSSR count). The molecule has 11 nitrogen and oxygen atoms in total. The van der Waals surface area contributed by atoms with E-state index in [9.17, 15) is 9.59 Å². The van der Waals surface area contributed by atoms with E-state index in [4.69, 9.17) is 19.2 Å². The Labute approximate surface area is 207 Å². The first-order chi connectivity index (χ1) is 17.6. The zero-order chi connectivity index (χ0) is 24.6. The van der Waals surface area contributed by atoms with Crippen LogP contribution in [0.25, 0.3) is 11.0 Å². The van der Waals surface area contributed by atoms with Crippen molar-refractivity contribution in [3.8, 4) is 11.6 Å². The number of carbonyl (C=O) groups excluding carboxylic acids is 2. The lowest BCUT2D eigenvalue weighted by molar-refractivity contribution is -0.118. The first-order valence-electron chi connectivity index (χ1n) is 11.9. The van der Waals surface area contributed by atoms with Crippen LogP contribution in [-0.4, -0.2) is 74.0 Å². The fourth-order valence-electron chi connectivity index (χ4n) is 5.05. The van der Waals surface area contributed by atoms with E-state index >= 15 is 0 Å². The van der Waals surface area contributed by atoms with Crippen LogP contribution in [0.2, 0.25) is 0 Å². The number of amides is 2. The number of cyclic esters (lactones) is 1. The Kier molecular flexibility index (Phi) is 5.68. The molecule has 1 aromatic carbocycles. The molecule has 0 spiro atoms. The number of carbonyl (C=O) groups is 2. The van der Waals surface area contributed by atoms with E-state index in [0.29, 0.717) is 29.5 Å². The van der Waals surface area contributed by atoms with Crippen LogP contribution in [0.4, 0.5) is 21.9 Å². The molecule has 11 heteroatoms. The maximum absolute atomic E-state index is 12.9. The Morgan fingerprint density at radius 2 is 2.11 bits per heavy atom. The zero-order valence-corrected chi connectivity index (χ0v) is 19.8. The number of anilines is 3. The summed E-state index contributed by atoms with van der Waals surface area (Å²) in [5, 5.41) is 6.25. The molecular formula is C25H26N6O5. The number of fused-ring (bicyclic) bond motifs is 2. The number of hydrogen-bond acceptors (Lipinski definition) is 9. The van der Waals surface area contributed by atoms with Crippen LogP contribution in [0.15, 0.2) is 42.6 Å². The molecule has 186 valence electrons. The third kappa shape index (κ3) is 4.01. The molecule has 0 aliphatic carbocycles. The molecular weight excluding hydrogens is 464 g/mol. The molecule has 2 atom stereocenters. The number of nitrogens with zero attached hydrogens (tertiary/aromatic N) is 4. The topological polar surface area (TPSA) is 118 Å². The summed E-state index contributed by atoms with van der Waals surface area (Å²) in [4.78, 5) is 37.8. The van der Waals surface area contributed by atoms with E-state index < -0.39 is 6.09 Å². The van der Waals surface area contributed by atoms with E-state index in [1.807, 2.05) is 18.2 Å². The van der Waals surface area contributed by atoms with Gasteiger partial charge in [0.2, 0.25) is 5.88 Å². The van der Waals surface area contributed by atoms with Gasteiger partial charge < -0.3 is 29.7 Å². The average Bonchev–Trinajstić information content (AvgIpc) is 3.56. The van der Waals surface area contributed by atoms with Gasteiger partial charge in [-0.15, -0.1) is 0 Å². The largest absolute Gasteiger partial charge is 0.482 e. The van der Waals surface area contributed by atoms with Crippen molar-refractivity contribution >= 4 is 40.1 Å². The lowest BCUT2D eigenvalue weighted by Gasteiger charge is -2.35. The highest BCUT2D eigenvalue weighted by molar-refractivity contribution is 5.98. The first-order valence-corrected chi connectivity index (χ1v) is 11.9. The standard InChI is InChI=1S/C25H26N6O5/c1-34-23-5-3-18-24(29-23)20(7-9-27-18)30(16-6-8-26-11-16)12-17-13-36-25(33)31(17)15-2-4-21-19(10-15)28-22(32)14-35-21/h2-5,7,9-10,16-17,26H,6,8,11-14H2,1H3,(H,28,32)/t16-,17+/m1/s1. The number of ether oxygens (including phenoxy) is 3. The summed E-state index contributed by atoms with van der Waals surface area (Å²) in [7, 11) is 1.59. The molecule has 3 aliphatic rings. The number of nitrogens with one attached hydrogen (secondary N) is 2. The second-order valence-electron chi connectivity index (χ2n) is 8.97. The van der Waals surface area contributed by atoms with Crippen LogP contribution < -0.4 is 29.9 Å². The summed E-state index contributed by atoms with van der Waals surface area (Å²) in [6.07, 6.45) is 2.31. The molecule has 36 heavy (non-hydrogen) atoms. The molecule has 0 saturated carbocycles. The maximum atomic E-state index is 12.9. The van der Waals surface area contributed by atoms with Crippen LogP contribution in [0.1, 0.15) is 6.42 Å². The molecule has 2 saturated heterocycles. The van der Waals surface area contributed by atoms with E-state index in [1.165, 1.54) is 0 Å². The Morgan fingerprint density at radius 3 is 2.94 bits per heavy atom. The van der Waals surface area contributed by atoms with Gasteiger partial charge in [-0.25, -0.2) is 9.78 Å². The van der Waals surface area contributed by atoms with Gasteiger partial charge in [-0.1, -0.05) is 0 Å². The second-order valence-corrected chi connectivity index (χ2v) is 8.97. The van der Waals surface area contributed by atoms with E-state index in [1.54, 1.807) is 36.4 Å². The van der Waals surface area contributed by atoms with Gasteiger partial charge in [-0.3, -0.25) is 14.7 Å². The van der Waals surface area contributed by atoms with Gasteiger partial charge in [0.25, 0.3) is 5.91 Å². The summed E-state index contributed by atoms with van der Waals surface area (Å²) in [6.45, 7) is 2.47. The van der Waals surface area contributed by atoms with Crippen molar-refractivity contribution in [3.05, 3.63) is 42.6 Å². The average molecular weight is 491 g/mol. The first kappa shape index (κ1) is 22.4. The number of aromatic nitrogens is 2. The van der Waals surface area contributed by atoms with Gasteiger partial charge >= 0.3 is 6.09 Å². The fourth-order valence-corrected chi connectivity index (χ4v) is 5.05. The van der Waals surface area contributed by atoms with Crippen LogP contribution >= 0.6 is 0 Å². The minimum absolute atomic E-state index is 0.0240. The summed E-state index contributed by atoms with van der Waals surface area (Å²) >= 11 is 0. The summed E-state index contributed by atoms with van der Waals surface area (Å²) in [6, 6.07) is 10.9. The lowest BCUT2D eigenvalue weighted by Crippen LogP contribution is -2.48. The van der Waals surface area contributed by atoms with E-state index in [-0.39, 0.29) is 31.2 Å². The zero-order valence-electron chi connectivity index (χ0n) is 19.8. The highest BCUT2D eigenvalue weighted by Crippen LogP contribution is 2.35. The van der Waals surface area contributed by atoms with Gasteiger partial charge in [-0.2, -0.15) is 0 Å². The third-order valence-electron chi connectivity index (χ3n) is 6.77. The number of methoxy groups -OCH3 is 1. The van der Waals surface area contributed by atoms with Crippen molar-refractivity contribution in [3.63, 3.8) is 0 Å². The van der Waals surface area contributed by atoms with Crippen LogP contribution in [0, 0.1) is 0 Å². The molecule has 3 aliphatic heterocycles. The molecule has 2 fully saturated rings. The molecule has 3 aromatic rings. The normalized spacial score (nSPS) is 21.1. The monoisotopic (exact) mass is 490 g/mol. The van der Waals surface area contributed by atoms with Crippen molar-refractivity contribution in [1.29, 1.82) is 0 Å². The van der Waals surface area contributed by atoms with Crippen molar-refractivity contribution in [2.75, 3.05) is 55.1 Å². The van der Waals surface area contributed by atoms with Crippen molar-refractivity contribution in [2.45, 2.75) is 18.5 Å². The van der Waals surface area contributed by atoms with Crippen LogP contribution in [-0.2, 0) is 9.53 Å². The quantitative estimate of drug-likeness (QED) is 0.536. The van der Waals surface area contributed by atoms with Crippen LogP contribution in [0.3, 0.4) is 0 Å². The molecule has 0 bridgehead atoms. The predicted molar refractivity (Wildman–Crippen MR) is 133 cm³/mol. The smallest absolute Gasteiger partial charge is 0.414 e. The van der Waals surface area contributed by atoms with E-state index in [0.717, 1.165) is 36.2 Å². The SMILES string of the molecule is COc1ccc2nccc(N(C[C@H]3COC(=O)N3c3ccc4c(c3)NC(=O)CO4)[C@@H]3CCNC3)c2n1.